The molecule has 0 bridgehead atoms. The highest BCUT2D eigenvalue weighted by Crippen LogP contribution is 2.35. The first kappa shape index (κ1) is 11.9. The summed E-state index contributed by atoms with van der Waals surface area (Å²) >= 11 is 0. The van der Waals surface area contributed by atoms with Crippen LogP contribution in [0.25, 0.3) is 0 Å². The minimum Gasteiger partial charge on any atom is -0.348 e. The van der Waals surface area contributed by atoms with E-state index in [0.717, 1.165) is 0 Å². The number of ether oxygens (including phenoxy) is 4. The number of rotatable bonds is 2. The summed E-state index contributed by atoms with van der Waals surface area (Å²) in [4.78, 5) is 0. The van der Waals surface area contributed by atoms with Crippen molar-refractivity contribution < 1.29 is 18.9 Å². The third-order valence-corrected chi connectivity index (χ3v) is 3.52. The summed E-state index contributed by atoms with van der Waals surface area (Å²) < 4.78 is 22.8. The van der Waals surface area contributed by atoms with Gasteiger partial charge in [0.2, 0.25) is 0 Å². The second kappa shape index (κ2) is 3.65. The minimum absolute atomic E-state index is 0.127. The third kappa shape index (κ3) is 2.35. The Morgan fingerprint density at radius 3 is 1.53 bits per heavy atom. The van der Waals surface area contributed by atoms with Crippen LogP contribution in [0, 0.1) is 0 Å². The SMILES string of the molecule is CC1(C)OC[C@@H]([C@@H]2N[C@H]2[C@H]2COC(C)(C)O2)O1. The van der Waals surface area contributed by atoms with E-state index in [4.69, 9.17) is 18.9 Å². The van der Waals surface area contributed by atoms with E-state index >= 15 is 0 Å². The second-order valence-electron chi connectivity index (χ2n) is 5.95. The maximum Gasteiger partial charge on any atom is 0.163 e. The molecule has 0 saturated carbocycles. The molecule has 0 unspecified atom stereocenters. The summed E-state index contributed by atoms with van der Waals surface area (Å²) in [5.41, 5.74) is 0. The van der Waals surface area contributed by atoms with Gasteiger partial charge in [-0.2, -0.15) is 0 Å². The summed E-state index contributed by atoms with van der Waals surface area (Å²) in [7, 11) is 0. The lowest BCUT2D eigenvalue weighted by molar-refractivity contribution is -0.142. The first-order valence-electron chi connectivity index (χ1n) is 6.26. The first-order chi connectivity index (χ1) is 7.86. The van der Waals surface area contributed by atoms with Crippen molar-refractivity contribution in [3.8, 4) is 0 Å². The lowest BCUT2D eigenvalue weighted by atomic mass is 10.1. The van der Waals surface area contributed by atoms with Gasteiger partial charge in [0.05, 0.1) is 25.3 Å². The van der Waals surface area contributed by atoms with E-state index in [1.807, 2.05) is 27.7 Å². The normalized spacial score (nSPS) is 47.3. The minimum atomic E-state index is -0.453. The second-order valence-corrected chi connectivity index (χ2v) is 5.95. The van der Waals surface area contributed by atoms with E-state index in [1.165, 1.54) is 0 Å². The van der Waals surface area contributed by atoms with Crippen molar-refractivity contribution in [1.82, 2.24) is 5.32 Å². The summed E-state index contributed by atoms with van der Waals surface area (Å²) in [6.45, 7) is 9.09. The van der Waals surface area contributed by atoms with Gasteiger partial charge in [-0.05, 0) is 27.7 Å². The van der Waals surface area contributed by atoms with Crippen LogP contribution in [-0.2, 0) is 18.9 Å². The average Bonchev–Trinajstić information content (AvgIpc) is 2.81. The van der Waals surface area contributed by atoms with E-state index < -0.39 is 11.6 Å². The standard InChI is InChI=1S/C12H21NO4/c1-11(2)14-5-7(16-11)9-10(13-9)8-6-15-12(3,4)17-8/h7-10,13H,5-6H2,1-4H3/t7-,8+,9-,10-/m0/s1. The zero-order chi connectivity index (χ0) is 12.3. The van der Waals surface area contributed by atoms with Crippen molar-refractivity contribution in [2.45, 2.75) is 63.6 Å². The molecule has 4 atom stereocenters. The summed E-state index contributed by atoms with van der Waals surface area (Å²) in [5.74, 6) is -0.905. The fraction of sp³-hybridized carbons (Fsp3) is 1.00. The highest BCUT2D eigenvalue weighted by atomic mass is 16.8. The van der Waals surface area contributed by atoms with Gasteiger partial charge in [0, 0.05) is 0 Å². The zero-order valence-corrected chi connectivity index (χ0v) is 10.9. The van der Waals surface area contributed by atoms with Crippen molar-refractivity contribution in [3.05, 3.63) is 0 Å². The largest absolute Gasteiger partial charge is 0.348 e. The molecule has 3 aliphatic heterocycles. The van der Waals surface area contributed by atoms with Gasteiger partial charge in [-0.1, -0.05) is 0 Å². The van der Waals surface area contributed by atoms with E-state index in [-0.39, 0.29) is 12.2 Å². The van der Waals surface area contributed by atoms with Crippen LogP contribution < -0.4 is 5.32 Å². The van der Waals surface area contributed by atoms with E-state index in [9.17, 15) is 0 Å². The molecule has 5 nitrogen and oxygen atoms in total. The van der Waals surface area contributed by atoms with Crippen LogP contribution >= 0.6 is 0 Å². The van der Waals surface area contributed by atoms with Gasteiger partial charge in [0.1, 0.15) is 12.2 Å². The molecule has 17 heavy (non-hydrogen) atoms. The van der Waals surface area contributed by atoms with Crippen LogP contribution in [0.1, 0.15) is 27.7 Å². The van der Waals surface area contributed by atoms with Gasteiger partial charge in [-0.25, -0.2) is 0 Å². The summed E-state index contributed by atoms with van der Waals surface area (Å²) in [5, 5.41) is 3.42. The Balaban J connectivity index is 1.54. The van der Waals surface area contributed by atoms with Crippen molar-refractivity contribution >= 4 is 0 Å². The van der Waals surface area contributed by atoms with Gasteiger partial charge in [0.25, 0.3) is 0 Å². The Morgan fingerprint density at radius 1 is 0.824 bits per heavy atom. The van der Waals surface area contributed by atoms with Crippen LogP contribution in [0.4, 0.5) is 0 Å². The topological polar surface area (TPSA) is 58.9 Å². The van der Waals surface area contributed by atoms with Crippen LogP contribution in [0.3, 0.4) is 0 Å². The number of hydrogen-bond donors (Lipinski definition) is 1. The number of hydrogen-bond acceptors (Lipinski definition) is 5. The molecule has 0 spiro atoms. The van der Waals surface area contributed by atoms with Gasteiger partial charge in [-0.15, -0.1) is 0 Å². The molecule has 0 amide bonds. The molecule has 5 heteroatoms. The molecule has 3 rings (SSSR count). The van der Waals surface area contributed by atoms with Crippen molar-refractivity contribution in [2.24, 2.45) is 0 Å². The smallest absolute Gasteiger partial charge is 0.163 e. The molecule has 0 aromatic rings. The van der Waals surface area contributed by atoms with Gasteiger partial charge in [0.15, 0.2) is 11.6 Å². The monoisotopic (exact) mass is 243 g/mol. The average molecular weight is 243 g/mol. The van der Waals surface area contributed by atoms with E-state index in [1.54, 1.807) is 0 Å². The Labute approximate surface area is 102 Å². The van der Waals surface area contributed by atoms with Crippen LogP contribution in [0.15, 0.2) is 0 Å². The van der Waals surface area contributed by atoms with Crippen LogP contribution in [0.2, 0.25) is 0 Å². The van der Waals surface area contributed by atoms with Gasteiger partial charge >= 0.3 is 0 Å². The molecule has 0 aliphatic carbocycles. The molecule has 98 valence electrons. The molecular formula is C12H21NO4. The predicted octanol–water partition coefficient (Wildman–Crippen LogP) is 0.630. The van der Waals surface area contributed by atoms with Crippen molar-refractivity contribution in [2.75, 3.05) is 13.2 Å². The Morgan fingerprint density at radius 2 is 1.24 bits per heavy atom. The highest BCUT2D eigenvalue weighted by Gasteiger charge is 2.54. The molecule has 3 fully saturated rings. The highest BCUT2D eigenvalue weighted by molar-refractivity contribution is 5.09. The number of nitrogens with one attached hydrogen (secondary N) is 1. The maximum absolute atomic E-state index is 5.83. The Hall–Kier alpha value is -0.200. The molecule has 0 radical (unpaired) electrons. The molecule has 0 aromatic carbocycles. The van der Waals surface area contributed by atoms with Crippen LogP contribution in [0.5, 0.6) is 0 Å². The van der Waals surface area contributed by atoms with Crippen molar-refractivity contribution in [3.63, 3.8) is 0 Å². The lowest BCUT2D eigenvalue weighted by Gasteiger charge is -2.18. The van der Waals surface area contributed by atoms with Gasteiger partial charge in [-0.3, -0.25) is 0 Å². The quantitative estimate of drug-likeness (QED) is 0.721. The van der Waals surface area contributed by atoms with Crippen LogP contribution in [-0.4, -0.2) is 49.1 Å². The Bertz CT molecular complexity index is 288. The van der Waals surface area contributed by atoms with E-state index in [0.29, 0.717) is 25.3 Å². The molecular weight excluding hydrogens is 222 g/mol. The Kier molecular flexibility index (Phi) is 2.55. The maximum atomic E-state index is 5.83. The predicted molar refractivity (Wildman–Crippen MR) is 60.5 cm³/mol. The zero-order valence-electron chi connectivity index (χ0n) is 10.9. The fourth-order valence-corrected chi connectivity index (χ4v) is 2.63. The van der Waals surface area contributed by atoms with Gasteiger partial charge < -0.3 is 24.3 Å². The summed E-state index contributed by atoms with van der Waals surface area (Å²) in [6.07, 6.45) is 0.254. The summed E-state index contributed by atoms with van der Waals surface area (Å²) in [6, 6.07) is 0.665. The molecule has 3 aliphatic rings. The molecule has 3 heterocycles. The molecule has 1 N–H and O–H groups in total. The molecule has 3 saturated heterocycles. The third-order valence-electron chi connectivity index (χ3n) is 3.52. The first-order valence-corrected chi connectivity index (χ1v) is 6.26. The molecule has 0 aromatic heterocycles. The lowest BCUT2D eigenvalue weighted by Crippen LogP contribution is -2.30. The van der Waals surface area contributed by atoms with Crippen molar-refractivity contribution in [1.29, 1.82) is 0 Å². The van der Waals surface area contributed by atoms with E-state index in [2.05, 4.69) is 5.32 Å². The fourth-order valence-electron chi connectivity index (χ4n) is 2.63.